The number of hydrogen-bond acceptors (Lipinski definition) is 2. The van der Waals surface area contributed by atoms with Crippen molar-refractivity contribution in [1.29, 1.82) is 0 Å². The van der Waals surface area contributed by atoms with E-state index in [0.717, 1.165) is 18.2 Å². The van der Waals surface area contributed by atoms with E-state index >= 15 is 0 Å². The predicted octanol–water partition coefficient (Wildman–Crippen LogP) is 2.99. The molecule has 0 bridgehead atoms. The highest BCUT2D eigenvalue weighted by atomic mass is 79.9. The number of halogens is 3. The van der Waals surface area contributed by atoms with Crippen LogP contribution in [0.4, 0.5) is 8.78 Å². The molecule has 0 saturated heterocycles. The van der Waals surface area contributed by atoms with Gasteiger partial charge in [0, 0.05) is 30.8 Å². The summed E-state index contributed by atoms with van der Waals surface area (Å²) in [6.45, 7) is 0. The first-order chi connectivity index (χ1) is 7.41. The lowest BCUT2D eigenvalue weighted by molar-refractivity contribution is 0.103. The summed E-state index contributed by atoms with van der Waals surface area (Å²) < 4.78 is 27.0. The lowest BCUT2D eigenvalue weighted by Crippen LogP contribution is -2.06. The fourth-order valence-electron chi connectivity index (χ4n) is 1.08. The molecule has 0 atom stereocenters. The minimum absolute atomic E-state index is 0.260. The first-order valence-electron chi connectivity index (χ1n) is 4.45. The highest BCUT2D eigenvalue weighted by molar-refractivity contribution is 9.10. The average molecular weight is 290 g/mol. The van der Waals surface area contributed by atoms with Crippen LogP contribution in [0.5, 0.6) is 0 Å². The number of benzene rings is 1. The van der Waals surface area contributed by atoms with Crippen LogP contribution in [0.15, 0.2) is 28.9 Å². The van der Waals surface area contributed by atoms with Gasteiger partial charge in [0.15, 0.2) is 5.78 Å². The van der Waals surface area contributed by atoms with E-state index in [2.05, 4.69) is 15.9 Å². The highest BCUT2D eigenvalue weighted by Crippen LogP contribution is 2.20. The zero-order valence-corrected chi connectivity index (χ0v) is 10.4. The van der Waals surface area contributed by atoms with Crippen molar-refractivity contribution in [2.45, 2.75) is 0 Å². The predicted molar refractivity (Wildman–Crippen MR) is 61.2 cm³/mol. The molecule has 0 amide bonds. The summed E-state index contributed by atoms with van der Waals surface area (Å²) in [5.41, 5.74) is -0.540. The van der Waals surface area contributed by atoms with E-state index in [0.29, 0.717) is 0 Å². The Kier molecular flexibility index (Phi) is 4.18. The zero-order chi connectivity index (χ0) is 12.3. The van der Waals surface area contributed by atoms with Gasteiger partial charge in [-0.3, -0.25) is 4.79 Å². The Labute approximate surface area is 101 Å². The van der Waals surface area contributed by atoms with E-state index in [-0.39, 0.29) is 4.47 Å². The molecule has 0 N–H and O–H groups in total. The van der Waals surface area contributed by atoms with Crippen LogP contribution in [0.2, 0.25) is 0 Å². The lowest BCUT2D eigenvalue weighted by atomic mass is 10.1. The van der Waals surface area contributed by atoms with Crippen LogP contribution in [0.25, 0.3) is 0 Å². The normalized spacial score (nSPS) is 10.8. The number of ketones is 1. The Balaban J connectivity index is 3.09. The van der Waals surface area contributed by atoms with E-state index in [9.17, 15) is 13.6 Å². The first-order valence-corrected chi connectivity index (χ1v) is 5.24. The molecule has 86 valence electrons. The standard InChI is InChI=1S/C11H10BrF2NO/c1-15(2)4-3-10(16)11-8(13)5-7(12)6-9(11)14/h3-6H,1-2H3. The highest BCUT2D eigenvalue weighted by Gasteiger charge is 2.15. The Hall–Kier alpha value is -1.23. The van der Waals surface area contributed by atoms with Crippen LogP contribution < -0.4 is 0 Å². The van der Waals surface area contributed by atoms with Gasteiger partial charge in [-0.1, -0.05) is 15.9 Å². The van der Waals surface area contributed by atoms with Crippen molar-refractivity contribution in [1.82, 2.24) is 4.90 Å². The van der Waals surface area contributed by atoms with E-state index in [1.165, 1.54) is 6.20 Å². The van der Waals surface area contributed by atoms with Crippen LogP contribution in [-0.4, -0.2) is 24.8 Å². The molecule has 0 heterocycles. The number of rotatable bonds is 3. The monoisotopic (exact) mass is 289 g/mol. The third-order valence-electron chi connectivity index (χ3n) is 1.78. The molecule has 0 fully saturated rings. The van der Waals surface area contributed by atoms with Crippen molar-refractivity contribution in [3.05, 3.63) is 46.1 Å². The van der Waals surface area contributed by atoms with Gasteiger partial charge in [0.2, 0.25) is 0 Å². The van der Waals surface area contributed by atoms with Crippen LogP contribution >= 0.6 is 15.9 Å². The topological polar surface area (TPSA) is 20.3 Å². The molecule has 1 rings (SSSR count). The maximum Gasteiger partial charge on any atom is 0.193 e. The SMILES string of the molecule is CN(C)C=CC(=O)c1c(F)cc(Br)cc1F. The number of nitrogens with zero attached hydrogens (tertiary/aromatic N) is 1. The third-order valence-corrected chi connectivity index (χ3v) is 2.24. The number of carbonyl (C=O) groups is 1. The van der Waals surface area contributed by atoms with E-state index in [1.54, 1.807) is 19.0 Å². The van der Waals surface area contributed by atoms with Gasteiger partial charge in [-0.05, 0) is 12.1 Å². The van der Waals surface area contributed by atoms with E-state index in [4.69, 9.17) is 0 Å². The first kappa shape index (κ1) is 12.8. The molecular formula is C11H10BrF2NO. The molecule has 1 aromatic carbocycles. The average Bonchev–Trinajstić information content (AvgIpc) is 2.12. The third kappa shape index (κ3) is 3.13. The maximum atomic E-state index is 13.3. The van der Waals surface area contributed by atoms with Gasteiger partial charge < -0.3 is 4.90 Å². The molecule has 0 aliphatic heterocycles. The Morgan fingerprint density at radius 1 is 1.31 bits per heavy atom. The second kappa shape index (κ2) is 5.21. The van der Waals surface area contributed by atoms with Gasteiger partial charge >= 0.3 is 0 Å². The molecular weight excluding hydrogens is 280 g/mol. The fraction of sp³-hybridized carbons (Fsp3) is 0.182. The van der Waals surface area contributed by atoms with Gasteiger partial charge in [0.25, 0.3) is 0 Å². The van der Waals surface area contributed by atoms with Crippen molar-refractivity contribution < 1.29 is 13.6 Å². The number of carbonyl (C=O) groups excluding carboxylic acids is 1. The summed E-state index contributed by atoms with van der Waals surface area (Å²) in [6, 6.07) is 2.11. The summed E-state index contributed by atoms with van der Waals surface area (Å²) in [4.78, 5) is 13.1. The molecule has 0 aromatic heterocycles. The zero-order valence-electron chi connectivity index (χ0n) is 8.80. The molecule has 16 heavy (non-hydrogen) atoms. The second-order valence-electron chi connectivity index (χ2n) is 3.39. The van der Waals surface area contributed by atoms with Crippen molar-refractivity contribution >= 4 is 21.7 Å². The minimum atomic E-state index is -0.875. The van der Waals surface area contributed by atoms with Crippen molar-refractivity contribution in [2.75, 3.05) is 14.1 Å². The molecule has 0 saturated carbocycles. The van der Waals surface area contributed by atoms with Crippen LogP contribution in [-0.2, 0) is 0 Å². The van der Waals surface area contributed by atoms with Crippen molar-refractivity contribution in [3.63, 3.8) is 0 Å². The smallest absolute Gasteiger partial charge is 0.193 e. The molecule has 1 aromatic rings. The summed E-state index contributed by atoms with van der Waals surface area (Å²) in [5.74, 6) is -2.45. The van der Waals surface area contributed by atoms with Gasteiger partial charge in [0.1, 0.15) is 11.6 Å². The maximum absolute atomic E-state index is 13.3. The molecule has 0 aliphatic carbocycles. The quantitative estimate of drug-likeness (QED) is 0.630. The summed E-state index contributed by atoms with van der Waals surface area (Å²) in [5, 5.41) is 0. The summed E-state index contributed by atoms with van der Waals surface area (Å²) in [6.07, 6.45) is 2.55. The van der Waals surface area contributed by atoms with Gasteiger partial charge in [-0.25, -0.2) is 8.78 Å². The lowest BCUT2D eigenvalue weighted by Gasteiger charge is -2.04. The summed E-state index contributed by atoms with van der Waals surface area (Å²) in [7, 11) is 3.41. The molecule has 0 spiro atoms. The Morgan fingerprint density at radius 3 is 2.25 bits per heavy atom. The van der Waals surface area contributed by atoms with Crippen molar-refractivity contribution in [3.8, 4) is 0 Å². The largest absolute Gasteiger partial charge is 0.383 e. The second-order valence-corrected chi connectivity index (χ2v) is 4.30. The van der Waals surface area contributed by atoms with E-state index < -0.39 is 23.0 Å². The van der Waals surface area contributed by atoms with E-state index in [1.807, 2.05) is 0 Å². The van der Waals surface area contributed by atoms with Crippen LogP contribution in [0, 0.1) is 11.6 Å². The summed E-state index contributed by atoms with van der Waals surface area (Å²) >= 11 is 2.94. The van der Waals surface area contributed by atoms with Crippen LogP contribution in [0.1, 0.15) is 10.4 Å². The van der Waals surface area contributed by atoms with Gasteiger partial charge in [-0.15, -0.1) is 0 Å². The van der Waals surface area contributed by atoms with Crippen LogP contribution in [0.3, 0.4) is 0 Å². The van der Waals surface area contributed by atoms with Gasteiger partial charge in [0.05, 0.1) is 5.56 Å². The van der Waals surface area contributed by atoms with Gasteiger partial charge in [-0.2, -0.15) is 0 Å². The molecule has 2 nitrogen and oxygen atoms in total. The number of allylic oxidation sites excluding steroid dienone is 1. The fourth-order valence-corrected chi connectivity index (χ4v) is 1.48. The molecule has 5 heteroatoms. The molecule has 0 unspecified atom stereocenters. The molecule has 0 radical (unpaired) electrons. The minimum Gasteiger partial charge on any atom is -0.383 e. The molecule has 0 aliphatic rings. The number of hydrogen-bond donors (Lipinski definition) is 0. The Bertz CT molecular complexity index is 421. The van der Waals surface area contributed by atoms with Crippen molar-refractivity contribution in [2.24, 2.45) is 0 Å². The Morgan fingerprint density at radius 2 is 1.81 bits per heavy atom.